The third kappa shape index (κ3) is 17.5. The maximum absolute atomic E-state index is 12.7. The summed E-state index contributed by atoms with van der Waals surface area (Å²) in [6.45, 7) is 3.66. The zero-order valence-corrected chi connectivity index (χ0v) is 28.1. The van der Waals surface area contributed by atoms with Crippen molar-refractivity contribution in [3.8, 4) is 0 Å². The molecule has 0 spiro atoms. The molecule has 2 amide bonds. The average Bonchev–Trinajstić information content (AvgIpc) is 3.00. The number of carbonyl (C=O) groups excluding carboxylic acids is 4. The van der Waals surface area contributed by atoms with Crippen LogP contribution in [0.3, 0.4) is 0 Å². The Morgan fingerprint density at radius 3 is 1.17 bits per heavy atom. The van der Waals surface area contributed by atoms with E-state index in [2.05, 4.69) is 10.6 Å². The van der Waals surface area contributed by atoms with Gasteiger partial charge in [0.25, 0.3) is 0 Å². The Balaban J connectivity index is 4.43. The van der Waals surface area contributed by atoms with Gasteiger partial charge < -0.3 is 39.1 Å². The minimum Gasteiger partial charge on any atom is -0.467 e. The van der Waals surface area contributed by atoms with Crippen LogP contribution in [0.5, 0.6) is 0 Å². The molecule has 0 radical (unpaired) electrons. The van der Waals surface area contributed by atoms with Crippen molar-refractivity contribution >= 4 is 45.3 Å². The molecule has 2 unspecified atom stereocenters. The van der Waals surface area contributed by atoms with E-state index >= 15 is 0 Å². The second kappa shape index (κ2) is 24.8. The van der Waals surface area contributed by atoms with Gasteiger partial charge in [-0.05, 0) is 51.4 Å². The van der Waals surface area contributed by atoms with Crippen molar-refractivity contribution in [1.82, 2.24) is 10.6 Å². The normalized spacial score (nSPS) is 14.2. The van der Waals surface area contributed by atoms with E-state index in [1.807, 2.05) is 13.8 Å². The zero-order valence-electron chi connectivity index (χ0n) is 26.4. The fourth-order valence-electron chi connectivity index (χ4n) is 3.88. The highest BCUT2D eigenvalue weighted by atomic mass is 33.1. The molecule has 0 aromatic carbocycles. The van der Waals surface area contributed by atoms with Gasteiger partial charge in [-0.15, -0.1) is 0 Å². The maximum atomic E-state index is 12.7. The minimum atomic E-state index is -0.722. The van der Waals surface area contributed by atoms with Gasteiger partial charge in [0.2, 0.25) is 11.8 Å². The third-order valence-corrected chi connectivity index (χ3v) is 9.24. The number of hydrogen-bond acceptors (Lipinski definition) is 12. The fraction of sp³-hybridized carbons (Fsp3) is 0.857. The van der Waals surface area contributed by atoms with Gasteiger partial charge in [-0.2, -0.15) is 0 Å². The molecule has 0 rings (SSSR count). The molecular weight excluding hydrogens is 588 g/mol. The van der Waals surface area contributed by atoms with E-state index < -0.39 is 24.0 Å². The fourth-order valence-corrected chi connectivity index (χ4v) is 6.30. The Hall–Kier alpha value is -1.58. The van der Waals surface area contributed by atoms with Gasteiger partial charge in [-0.3, -0.25) is 9.59 Å². The molecule has 0 heterocycles. The lowest BCUT2D eigenvalue weighted by atomic mass is 10.1. The molecule has 0 saturated carbocycles. The third-order valence-electron chi connectivity index (χ3n) is 6.77. The average molecular weight is 641 g/mol. The van der Waals surface area contributed by atoms with E-state index in [4.69, 9.17) is 28.4 Å². The van der Waals surface area contributed by atoms with Crippen molar-refractivity contribution < 1.29 is 47.6 Å². The number of methoxy groups -OCH3 is 6. The Kier molecular flexibility index (Phi) is 23.9. The molecule has 42 heavy (non-hydrogen) atoms. The van der Waals surface area contributed by atoms with Gasteiger partial charge >= 0.3 is 11.9 Å². The van der Waals surface area contributed by atoms with Crippen LogP contribution in [0, 0.1) is 11.8 Å². The van der Waals surface area contributed by atoms with Gasteiger partial charge in [-0.25, -0.2) is 9.59 Å². The van der Waals surface area contributed by atoms with Crippen molar-refractivity contribution in [2.75, 3.05) is 54.2 Å². The molecule has 0 aromatic heterocycles. The highest BCUT2D eigenvalue weighted by molar-refractivity contribution is 8.76. The quantitative estimate of drug-likeness (QED) is 0.0653. The topological polar surface area (TPSA) is 148 Å². The lowest BCUT2D eigenvalue weighted by Gasteiger charge is -2.20. The van der Waals surface area contributed by atoms with E-state index in [-0.39, 0.29) is 36.2 Å². The van der Waals surface area contributed by atoms with E-state index in [1.165, 1.54) is 14.2 Å². The van der Waals surface area contributed by atoms with Crippen molar-refractivity contribution in [3.05, 3.63) is 0 Å². The number of ether oxygens (including phenoxy) is 6. The Morgan fingerprint density at radius 1 is 0.548 bits per heavy atom. The summed E-state index contributed by atoms with van der Waals surface area (Å²) >= 11 is 0. The first kappa shape index (κ1) is 40.4. The lowest BCUT2D eigenvalue weighted by molar-refractivity contribution is -0.146. The van der Waals surface area contributed by atoms with Gasteiger partial charge in [-0.1, -0.05) is 35.4 Å². The smallest absolute Gasteiger partial charge is 0.328 e. The first-order valence-electron chi connectivity index (χ1n) is 14.2. The number of amides is 2. The Morgan fingerprint density at radius 2 is 0.881 bits per heavy atom. The van der Waals surface area contributed by atoms with Gasteiger partial charge in [0.15, 0.2) is 12.6 Å². The van der Waals surface area contributed by atoms with Crippen LogP contribution >= 0.6 is 21.6 Å². The monoisotopic (exact) mass is 640 g/mol. The van der Waals surface area contributed by atoms with Crippen LogP contribution in [-0.2, 0) is 47.6 Å². The lowest BCUT2D eigenvalue weighted by Crippen LogP contribution is -2.44. The SMILES string of the molecule is COC(=O)C(CCCC(OC)OC)NC(=O)[C@@H](C)CCSSCC[C@H](C)C(=O)NC(CCCC(OC)OC)C(=O)OC. The summed E-state index contributed by atoms with van der Waals surface area (Å²) in [4.78, 5) is 49.7. The summed E-state index contributed by atoms with van der Waals surface area (Å²) in [6, 6.07) is -1.44. The predicted octanol–water partition coefficient (Wildman–Crippen LogP) is 3.31. The Bertz CT molecular complexity index is 707. The van der Waals surface area contributed by atoms with Gasteiger partial charge in [0.1, 0.15) is 12.1 Å². The molecule has 0 aliphatic rings. The summed E-state index contributed by atoms with van der Waals surface area (Å²) in [5.41, 5.74) is 0. The second-order valence-electron chi connectivity index (χ2n) is 9.86. The van der Waals surface area contributed by atoms with E-state index in [9.17, 15) is 19.2 Å². The zero-order chi connectivity index (χ0) is 31.9. The first-order valence-corrected chi connectivity index (χ1v) is 16.7. The molecule has 0 aliphatic carbocycles. The van der Waals surface area contributed by atoms with Gasteiger partial charge in [0.05, 0.1) is 14.2 Å². The molecule has 0 aliphatic heterocycles. The second-order valence-corrected chi connectivity index (χ2v) is 12.6. The minimum absolute atomic E-state index is 0.198. The van der Waals surface area contributed by atoms with Crippen molar-refractivity contribution in [1.29, 1.82) is 0 Å². The van der Waals surface area contributed by atoms with Crippen LogP contribution in [-0.4, -0.2) is 103 Å². The number of rotatable bonds is 25. The van der Waals surface area contributed by atoms with Crippen molar-refractivity contribution in [3.63, 3.8) is 0 Å². The van der Waals surface area contributed by atoms with Crippen LogP contribution in [0.1, 0.15) is 65.2 Å². The highest BCUT2D eigenvalue weighted by Crippen LogP contribution is 2.26. The molecule has 0 saturated heterocycles. The van der Waals surface area contributed by atoms with E-state index in [1.54, 1.807) is 50.0 Å². The van der Waals surface area contributed by atoms with Crippen molar-refractivity contribution in [2.24, 2.45) is 11.8 Å². The molecule has 0 aromatic rings. The van der Waals surface area contributed by atoms with E-state index in [0.717, 1.165) is 11.5 Å². The van der Waals surface area contributed by atoms with Crippen LogP contribution in [0.4, 0.5) is 0 Å². The number of hydrogen-bond donors (Lipinski definition) is 2. The molecule has 12 nitrogen and oxygen atoms in total. The number of carbonyl (C=O) groups is 4. The van der Waals surface area contributed by atoms with Gasteiger partial charge in [0, 0.05) is 51.8 Å². The molecule has 14 heteroatoms. The molecule has 2 N–H and O–H groups in total. The predicted molar refractivity (Wildman–Crippen MR) is 164 cm³/mol. The largest absolute Gasteiger partial charge is 0.467 e. The summed E-state index contributed by atoms with van der Waals surface area (Å²) in [5.74, 6) is -0.436. The molecule has 0 bridgehead atoms. The van der Waals surface area contributed by atoms with E-state index in [0.29, 0.717) is 51.4 Å². The number of nitrogens with one attached hydrogen (secondary N) is 2. The summed E-state index contributed by atoms with van der Waals surface area (Å²) in [7, 11) is 12.1. The van der Waals surface area contributed by atoms with Crippen LogP contribution in [0.25, 0.3) is 0 Å². The van der Waals surface area contributed by atoms with Crippen LogP contribution in [0.2, 0.25) is 0 Å². The first-order chi connectivity index (χ1) is 20.1. The molecule has 246 valence electrons. The maximum Gasteiger partial charge on any atom is 0.328 e. The highest BCUT2D eigenvalue weighted by Gasteiger charge is 2.25. The Labute approximate surface area is 259 Å². The summed E-state index contributed by atoms with van der Waals surface area (Å²) in [6.07, 6.45) is 3.83. The summed E-state index contributed by atoms with van der Waals surface area (Å²) in [5, 5.41) is 5.61. The number of esters is 2. The van der Waals surface area contributed by atoms with Crippen molar-refractivity contribution in [2.45, 2.75) is 89.9 Å². The summed E-state index contributed by atoms with van der Waals surface area (Å²) < 4.78 is 30.4. The van der Waals surface area contributed by atoms with Crippen LogP contribution in [0.15, 0.2) is 0 Å². The molecule has 0 fully saturated rings. The van der Waals surface area contributed by atoms with Crippen LogP contribution < -0.4 is 10.6 Å². The standard InChI is InChI=1S/C28H52N2O10S2/c1-19(25(31)29-21(27(33)39-7)11-9-13-23(35-3)36-4)15-17-41-42-18-16-20(2)26(32)30-22(28(34)40-8)12-10-14-24(37-5)38-6/h19-24H,9-18H2,1-8H3,(H,29,31)(H,30,32)/t19-,20-,21?,22?/m0/s1. The molecular formula is C28H52N2O10S2. The molecule has 4 atom stereocenters.